The lowest BCUT2D eigenvalue weighted by Crippen LogP contribution is -2.30. The van der Waals surface area contributed by atoms with E-state index >= 15 is 0 Å². The zero-order chi connectivity index (χ0) is 26.2. The number of carbonyl (C=O) groups is 2. The molecule has 0 saturated carbocycles. The van der Waals surface area contributed by atoms with Crippen molar-refractivity contribution in [3.05, 3.63) is 69.5 Å². The molecule has 2 aromatic carbocycles. The van der Waals surface area contributed by atoms with E-state index in [1.807, 2.05) is 30.5 Å². The predicted octanol–water partition coefficient (Wildman–Crippen LogP) is 3.67. The van der Waals surface area contributed by atoms with Gasteiger partial charge in [-0.3, -0.25) is 19.7 Å². The summed E-state index contributed by atoms with van der Waals surface area (Å²) in [7, 11) is 1.59. The lowest BCUT2D eigenvalue weighted by Gasteiger charge is -2.15. The lowest BCUT2D eigenvalue weighted by atomic mass is 10.1. The van der Waals surface area contributed by atoms with Crippen molar-refractivity contribution in [3.63, 3.8) is 0 Å². The Morgan fingerprint density at radius 1 is 1.17 bits per heavy atom. The molecule has 11 nitrogen and oxygen atoms in total. The van der Waals surface area contributed by atoms with Gasteiger partial charge in [0.05, 0.1) is 35.9 Å². The molecule has 3 rings (SSSR count). The number of non-ortho nitro benzene ring substituents is 1. The van der Waals surface area contributed by atoms with E-state index in [-0.39, 0.29) is 35.7 Å². The van der Waals surface area contributed by atoms with Crippen LogP contribution in [-0.4, -0.2) is 44.4 Å². The highest BCUT2D eigenvalue weighted by molar-refractivity contribution is 7.99. The van der Waals surface area contributed by atoms with Crippen LogP contribution in [0.4, 0.5) is 11.4 Å². The minimum atomic E-state index is -0.508. The molecular formula is C24H28N6O5S. The molecule has 0 aliphatic rings. The molecule has 0 unspecified atom stereocenters. The van der Waals surface area contributed by atoms with Gasteiger partial charge in [0.1, 0.15) is 5.75 Å². The van der Waals surface area contributed by atoms with E-state index in [0.29, 0.717) is 23.2 Å². The third-order valence-corrected chi connectivity index (χ3v) is 6.36. The Bertz CT molecular complexity index is 1240. The smallest absolute Gasteiger partial charge is 0.271 e. The van der Waals surface area contributed by atoms with Crippen LogP contribution in [0.25, 0.3) is 0 Å². The molecule has 3 aromatic rings. The number of nitrogens with one attached hydrogen (secondary N) is 2. The number of carbonyl (C=O) groups excluding carboxylic acids is 2. The summed E-state index contributed by atoms with van der Waals surface area (Å²) in [6.07, 6.45) is 0.216. The summed E-state index contributed by atoms with van der Waals surface area (Å²) in [6.45, 7) is 6.06. The Hall–Kier alpha value is -3.93. The van der Waals surface area contributed by atoms with Crippen LogP contribution < -0.4 is 15.4 Å². The maximum absolute atomic E-state index is 12.5. The van der Waals surface area contributed by atoms with E-state index in [9.17, 15) is 19.7 Å². The Kier molecular flexibility index (Phi) is 9.01. The summed E-state index contributed by atoms with van der Waals surface area (Å²) in [5.41, 5.74) is 1.87. The first-order valence-corrected chi connectivity index (χ1v) is 12.2. The van der Waals surface area contributed by atoms with Crippen LogP contribution in [0.15, 0.2) is 47.6 Å². The van der Waals surface area contributed by atoms with Crippen molar-refractivity contribution < 1.29 is 19.2 Å². The van der Waals surface area contributed by atoms with Gasteiger partial charge in [-0.25, -0.2) is 0 Å². The van der Waals surface area contributed by atoms with Crippen molar-refractivity contribution >= 4 is 35.0 Å². The maximum Gasteiger partial charge on any atom is 0.271 e. The van der Waals surface area contributed by atoms with Crippen LogP contribution in [0.3, 0.4) is 0 Å². The van der Waals surface area contributed by atoms with E-state index in [1.54, 1.807) is 32.2 Å². The van der Waals surface area contributed by atoms with Crippen LogP contribution in [0.1, 0.15) is 36.8 Å². The topological polar surface area (TPSA) is 141 Å². The van der Waals surface area contributed by atoms with Crippen LogP contribution in [-0.2, 0) is 22.6 Å². The van der Waals surface area contributed by atoms with Crippen LogP contribution in [0.2, 0.25) is 0 Å². The molecule has 12 heteroatoms. The van der Waals surface area contributed by atoms with Gasteiger partial charge < -0.3 is 19.9 Å². The van der Waals surface area contributed by atoms with Gasteiger partial charge in [0.2, 0.25) is 11.8 Å². The SMILES string of the molecule is CCn1c(SCC(=O)Nc2cc([N+](=O)[O-])ccc2C)nnc1[C@@H](C)NC(=O)Cc1ccc(OC)cc1. The molecule has 0 aliphatic carbocycles. The second-order valence-electron chi connectivity index (χ2n) is 7.99. The van der Waals surface area contributed by atoms with E-state index < -0.39 is 4.92 Å². The van der Waals surface area contributed by atoms with Crippen LogP contribution in [0.5, 0.6) is 5.75 Å². The first kappa shape index (κ1) is 26.7. The molecule has 2 N–H and O–H groups in total. The molecule has 190 valence electrons. The van der Waals surface area contributed by atoms with Gasteiger partial charge in [-0.05, 0) is 44.0 Å². The van der Waals surface area contributed by atoms with Gasteiger partial charge in [0, 0.05) is 18.7 Å². The normalized spacial score (nSPS) is 11.6. The highest BCUT2D eigenvalue weighted by Crippen LogP contribution is 2.24. The summed E-state index contributed by atoms with van der Waals surface area (Å²) in [5, 5.41) is 25.6. The highest BCUT2D eigenvalue weighted by Gasteiger charge is 2.20. The Morgan fingerprint density at radius 2 is 1.89 bits per heavy atom. The number of ether oxygens (including phenoxy) is 1. The van der Waals surface area contributed by atoms with Gasteiger partial charge in [-0.2, -0.15) is 0 Å². The van der Waals surface area contributed by atoms with E-state index in [1.165, 1.54) is 23.9 Å². The van der Waals surface area contributed by atoms with Crippen molar-refractivity contribution in [2.45, 2.75) is 44.9 Å². The third-order valence-electron chi connectivity index (χ3n) is 5.39. The van der Waals surface area contributed by atoms with Crippen molar-refractivity contribution in [3.8, 4) is 5.75 Å². The fourth-order valence-corrected chi connectivity index (χ4v) is 4.29. The molecule has 0 radical (unpaired) electrons. The number of methoxy groups -OCH3 is 1. The number of nitrogens with zero attached hydrogens (tertiary/aromatic N) is 4. The Balaban J connectivity index is 1.59. The zero-order valence-corrected chi connectivity index (χ0v) is 21.3. The number of rotatable bonds is 11. The number of amides is 2. The van der Waals surface area contributed by atoms with Crippen LogP contribution >= 0.6 is 11.8 Å². The molecule has 1 atom stereocenters. The summed E-state index contributed by atoms with van der Waals surface area (Å²) in [5.74, 6) is 0.870. The number of benzene rings is 2. The summed E-state index contributed by atoms with van der Waals surface area (Å²) in [4.78, 5) is 35.5. The lowest BCUT2D eigenvalue weighted by molar-refractivity contribution is -0.384. The van der Waals surface area contributed by atoms with Gasteiger partial charge in [-0.1, -0.05) is 30.0 Å². The first-order valence-electron chi connectivity index (χ1n) is 11.2. The molecule has 1 heterocycles. The van der Waals surface area contributed by atoms with Gasteiger partial charge in [0.15, 0.2) is 11.0 Å². The average molecular weight is 513 g/mol. The number of nitro benzene ring substituents is 1. The van der Waals surface area contributed by atoms with Gasteiger partial charge >= 0.3 is 0 Å². The average Bonchev–Trinajstić information content (AvgIpc) is 3.27. The van der Waals surface area contributed by atoms with Crippen molar-refractivity contribution in [1.82, 2.24) is 20.1 Å². The number of aryl methyl sites for hydroxylation is 1. The fraction of sp³-hybridized carbons (Fsp3) is 0.333. The van der Waals surface area contributed by atoms with Gasteiger partial charge in [-0.15, -0.1) is 10.2 Å². The van der Waals surface area contributed by atoms with Crippen molar-refractivity contribution in [2.24, 2.45) is 0 Å². The summed E-state index contributed by atoms with van der Waals surface area (Å²) in [6, 6.07) is 11.2. The zero-order valence-electron chi connectivity index (χ0n) is 20.5. The molecule has 0 aliphatic heterocycles. The molecule has 0 fully saturated rings. The largest absolute Gasteiger partial charge is 0.497 e. The number of hydrogen-bond acceptors (Lipinski definition) is 8. The Morgan fingerprint density at radius 3 is 2.53 bits per heavy atom. The van der Waals surface area contributed by atoms with E-state index in [0.717, 1.165) is 16.9 Å². The second kappa shape index (κ2) is 12.2. The third kappa shape index (κ3) is 6.81. The summed E-state index contributed by atoms with van der Waals surface area (Å²) >= 11 is 1.20. The number of thioether (sulfide) groups is 1. The van der Waals surface area contributed by atoms with Crippen LogP contribution in [0, 0.1) is 17.0 Å². The van der Waals surface area contributed by atoms with Crippen molar-refractivity contribution in [2.75, 3.05) is 18.2 Å². The molecule has 0 bridgehead atoms. The standard InChI is InChI=1S/C24H28N6O5S/c1-5-29-23(16(3)25-21(31)12-17-7-10-19(35-4)11-8-17)27-28-24(29)36-14-22(32)26-20-13-18(30(33)34)9-6-15(20)2/h6-11,13,16H,5,12,14H2,1-4H3,(H,25,31)(H,26,32)/t16-/m1/s1. The summed E-state index contributed by atoms with van der Waals surface area (Å²) < 4.78 is 6.98. The molecule has 36 heavy (non-hydrogen) atoms. The quantitative estimate of drug-likeness (QED) is 0.225. The number of aromatic nitrogens is 3. The Labute approximate surface area is 212 Å². The van der Waals surface area contributed by atoms with Crippen molar-refractivity contribution in [1.29, 1.82) is 0 Å². The predicted molar refractivity (Wildman–Crippen MR) is 136 cm³/mol. The fourth-order valence-electron chi connectivity index (χ4n) is 3.48. The minimum Gasteiger partial charge on any atom is -0.497 e. The number of nitro groups is 1. The van der Waals surface area contributed by atoms with E-state index in [4.69, 9.17) is 4.74 Å². The molecule has 1 aromatic heterocycles. The van der Waals surface area contributed by atoms with Gasteiger partial charge in [0.25, 0.3) is 5.69 Å². The maximum atomic E-state index is 12.5. The van der Waals surface area contributed by atoms with E-state index in [2.05, 4.69) is 20.8 Å². The molecule has 2 amide bonds. The highest BCUT2D eigenvalue weighted by atomic mass is 32.2. The first-order chi connectivity index (χ1) is 17.2. The molecule has 0 saturated heterocycles. The minimum absolute atomic E-state index is 0.0402. The second-order valence-corrected chi connectivity index (χ2v) is 8.93. The monoisotopic (exact) mass is 512 g/mol. The molecule has 0 spiro atoms. The number of anilines is 1. The molecular weight excluding hydrogens is 484 g/mol. The number of hydrogen-bond donors (Lipinski definition) is 2.